The van der Waals surface area contributed by atoms with E-state index in [1.165, 1.54) is 46.4 Å². The van der Waals surface area contributed by atoms with Gasteiger partial charge in [-0.05, 0) is 41.0 Å². The van der Waals surface area contributed by atoms with Gasteiger partial charge >= 0.3 is 6.55 Å². The molecule has 10 nitrogen and oxygen atoms in total. The van der Waals surface area contributed by atoms with Crippen molar-refractivity contribution in [3.05, 3.63) is 82.9 Å². The van der Waals surface area contributed by atoms with Crippen LogP contribution in [0.2, 0.25) is 5.02 Å². The molecule has 0 unspecified atom stereocenters. The molecular weight excluding hydrogens is 542 g/mol. The van der Waals surface area contributed by atoms with E-state index in [9.17, 15) is 18.4 Å². The van der Waals surface area contributed by atoms with Gasteiger partial charge in [0.15, 0.2) is 17.8 Å². The van der Waals surface area contributed by atoms with Crippen molar-refractivity contribution in [2.24, 2.45) is 5.92 Å². The van der Waals surface area contributed by atoms with E-state index in [4.69, 9.17) is 11.6 Å². The van der Waals surface area contributed by atoms with Crippen molar-refractivity contribution in [3.63, 3.8) is 0 Å². The molecule has 0 N–H and O–H groups in total. The third kappa shape index (κ3) is 4.60. The lowest BCUT2D eigenvalue weighted by molar-refractivity contribution is -0.615. The van der Waals surface area contributed by atoms with Crippen molar-refractivity contribution in [3.8, 4) is 28.1 Å². The molecular formula is C24H18ClF4N9O. The van der Waals surface area contributed by atoms with Gasteiger partial charge in [-0.3, -0.25) is 4.68 Å². The van der Waals surface area contributed by atoms with Gasteiger partial charge in [0, 0.05) is 17.8 Å². The smallest absolute Gasteiger partial charge is 0.333 e. The first-order valence-electron chi connectivity index (χ1n) is 11.8. The topological polar surface area (TPSA) is 106 Å². The molecule has 0 spiro atoms. The molecule has 4 aromatic heterocycles. The highest BCUT2D eigenvalue weighted by Gasteiger charge is 2.33. The summed E-state index contributed by atoms with van der Waals surface area (Å²) in [6, 6.07) is 5.42. The summed E-state index contributed by atoms with van der Waals surface area (Å²) in [7, 11) is 0. The second-order valence-corrected chi connectivity index (χ2v) is 9.55. The molecule has 0 amide bonds. The number of hydrogen-bond donors (Lipinski definition) is 0. The van der Waals surface area contributed by atoms with Crippen molar-refractivity contribution in [1.29, 1.82) is 0 Å². The minimum Gasteiger partial charge on any atom is -0.618 e. The molecule has 15 heteroatoms. The van der Waals surface area contributed by atoms with E-state index in [2.05, 4.69) is 25.7 Å². The standard InChI is InChI=1S/C24H18ClF4N9O/c25-16-4-6-19(36-12-30-33-34-36)21(22(16)27)14-3-5-18(37(39)11-14)20(7-13-1-2-13)35-10-15(8-31-35)23-17(26)9-32-38(23)24(28)29/h3-6,8-13,20,24H,1-2,7H2/t20-/m1/s1. The molecule has 6 rings (SSSR count). The highest BCUT2D eigenvalue weighted by atomic mass is 35.5. The van der Waals surface area contributed by atoms with E-state index in [1.54, 1.807) is 12.1 Å². The zero-order chi connectivity index (χ0) is 27.3. The Hall–Kier alpha value is -4.33. The highest BCUT2D eigenvalue weighted by molar-refractivity contribution is 6.31. The molecule has 39 heavy (non-hydrogen) atoms. The van der Waals surface area contributed by atoms with Gasteiger partial charge in [0.25, 0.3) is 0 Å². The number of halogens is 5. The first-order valence-corrected chi connectivity index (χ1v) is 12.2. The Bertz CT molecular complexity index is 1650. The van der Waals surface area contributed by atoms with E-state index in [0.717, 1.165) is 12.8 Å². The van der Waals surface area contributed by atoms with E-state index in [-0.39, 0.29) is 37.8 Å². The number of pyridine rings is 1. The number of nitrogens with zero attached hydrogens (tertiary/aromatic N) is 9. The second-order valence-electron chi connectivity index (χ2n) is 9.15. The first-order chi connectivity index (χ1) is 18.8. The second kappa shape index (κ2) is 9.76. The fraction of sp³-hybridized carbons (Fsp3) is 0.250. The fourth-order valence-corrected chi connectivity index (χ4v) is 4.76. The third-order valence-corrected chi connectivity index (χ3v) is 6.92. The maximum Gasteiger partial charge on any atom is 0.333 e. The maximum absolute atomic E-state index is 15.2. The average molecular weight is 560 g/mol. The zero-order valence-corrected chi connectivity index (χ0v) is 20.6. The lowest BCUT2D eigenvalue weighted by Crippen LogP contribution is -2.35. The van der Waals surface area contributed by atoms with E-state index in [1.807, 2.05) is 0 Å². The highest BCUT2D eigenvalue weighted by Crippen LogP contribution is 2.40. The lowest BCUT2D eigenvalue weighted by atomic mass is 10.0. The van der Waals surface area contributed by atoms with Crippen LogP contribution in [0.1, 0.15) is 37.5 Å². The van der Waals surface area contributed by atoms with E-state index >= 15 is 4.39 Å². The van der Waals surface area contributed by atoms with Gasteiger partial charge in [0.1, 0.15) is 18.1 Å². The van der Waals surface area contributed by atoms with Crippen LogP contribution in [0.3, 0.4) is 0 Å². The summed E-state index contributed by atoms with van der Waals surface area (Å²) >= 11 is 6.04. The minimum absolute atomic E-state index is 0.0294. The Morgan fingerprint density at radius 1 is 1.08 bits per heavy atom. The molecule has 5 aromatic rings. The summed E-state index contributed by atoms with van der Waals surface area (Å²) in [6.45, 7) is -3.04. The number of aromatic nitrogens is 9. The average Bonchev–Trinajstić information content (AvgIpc) is 3.27. The SMILES string of the molecule is [O-][n+]1cc(-c2c(-n3cnnn3)ccc(Cl)c2F)ccc1[C@@H](CC1CC1)n1cc(-c2c(F)cnn2C(F)F)cn1. The largest absolute Gasteiger partial charge is 0.618 e. The van der Waals surface area contributed by atoms with Crippen molar-refractivity contribution in [1.82, 2.24) is 39.8 Å². The number of benzene rings is 1. The Morgan fingerprint density at radius 2 is 1.90 bits per heavy atom. The monoisotopic (exact) mass is 559 g/mol. The molecule has 0 radical (unpaired) electrons. The molecule has 4 heterocycles. The van der Waals surface area contributed by atoms with Crippen LogP contribution >= 0.6 is 11.6 Å². The Morgan fingerprint density at radius 3 is 2.59 bits per heavy atom. The van der Waals surface area contributed by atoms with Gasteiger partial charge in [0.05, 0.1) is 34.2 Å². The summed E-state index contributed by atoms with van der Waals surface area (Å²) in [5.74, 6) is -1.33. The molecule has 1 atom stereocenters. The van der Waals surface area contributed by atoms with Crippen molar-refractivity contribution < 1.29 is 22.3 Å². The van der Waals surface area contributed by atoms with Gasteiger partial charge in [-0.15, -0.1) is 5.10 Å². The molecule has 200 valence electrons. The number of alkyl halides is 2. The van der Waals surface area contributed by atoms with Crippen LogP contribution in [-0.2, 0) is 0 Å². The van der Waals surface area contributed by atoms with Crippen LogP contribution in [0.5, 0.6) is 0 Å². The molecule has 1 aromatic carbocycles. The number of tetrazole rings is 1. The predicted molar refractivity (Wildman–Crippen MR) is 129 cm³/mol. The van der Waals surface area contributed by atoms with Crippen molar-refractivity contribution >= 4 is 11.6 Å². The van der Waals surface area contributed by atoms with Crippen LogP contribution in [0.25, 0.3) is 28.1 Å². The molecule has 0 saturated heterocycles. The number of rotatable bonds is 8. The lowest BCUT2D eigenvalue weighted by Gasteiger charge is -2.18. The summed E-state index contributed by atoms with van der Waals surface area (Å²) in [6.07, 6.45) is 8.36. The normalized spacial score (nSPS) is 14.3. The third-order valence-electron chi connectivity index (χ3n) is 6.63. The van der Waals surface area contributed by atoms with Gasteiger partial charge in [-0.25, -0.2) is 13.5 Å². The summed E-state index contributed by atoms with van der Waals surface area (Å²) in [5, 5.41) is 31.9. The van der Waals surface area contributed by atoms with Crippen LogP contribution in [0, 0.1) is 22.8 Å². The fourth-order valence-electron chi connectivity index (χ4n) is 4.60. The van der Waals surface area contributed by atoms with Crippen LogP contribution in [-0.4, -0.2) is 39.8 Å². The van der Waals surface area contributed by atoms with Gasteiger partial charge in [0.2, 0.25) is 5.69 Å². The van der Waals surface area contributed by atoms with Crippen LogP contribution in [0.4, 0.5) is 17.6 Å². The van der Waals surface area contributed by atoms with Crippen molar-refractivity contribution in [2.45, 2.75) is 31.9 Å². The van der Waals surface area contributed by atoms with Crippen LogP contribution in [0.15, 0.2) is 55.4 Å². The molecule has 0 bridgehead atoms. The summed E-state index contributed by atoms with van der Waals surface area (Å²) in [5.41, 5.74) is 0.508. The Balaban J connectivity index is 1.40. The van der Waals surface area contributed by atoms with Crippen LogP contribution < -0.4 is 4.73 Å². The quantitative estimate of drug-likeness (QED) is 0.154. The van der Waals surface area contributed by atoms with E-state index in [0.29, 0.717) is 23.3 Å². The molecule has 1 fully saturated rings. The molecule has 1 aliphatic carbocycles. The summed E-state index contributed by atoms with van der Waals surface area (Å²) < 4.78 is 59.8. The van der Waals surface area contributed by atoms with Crippen molar-refractivity contribution in [2.75, 3.05) is 0 Å². The van der Waals surface area contributed by atoms with Gasteiger partial charge in [-0.1, -0.05) is 24.4 Å². The molecule has 1 saturated carbocycles. The summed E-state index contributed by atoms with van der Waals surface area (Å²) in [4.78, 5) is 0. The zero-order valence-electron chi connectivity index (χ0n) is 19.9. The number of hydrogen-bond acceptors (Lipinski definition) is 6. The minimum atomic E-state index is -3.04. The van der Waals surface area contributed by atoms with E-state index < -0.39 is 29.9 Å². The molecule has 1 aliphatic rings. The first kappa shape index (κ1) is 25.0. The maximum atomic E-state index is 15.2. The van der Waals surface area contributed by atoms with Gasteiger partial charge < -0.3 is 5.21 Å². The van der Waals surface area contributed by atoms with Gasteiger partial charge in [-0.2, -0.15) is 28.4 Å². The predicted octanol–water partition coefficient (Wildman–Crippen LogP) is 4.74. The Labute approximate surface area is 222 Å². The molecule has 0 aliphatic heterocycles. The Kier molecular flexibility index (Phi) is 6.25.